The molecule has 1 aromatic rings. The van der Waals surface area contributed by atoms with E-state index in [1.54, 1.807) is 11.0 Å². The summed E-state index contributed by atoms with van der Waals surface area (Å²) in [4.78, 5) is 14.1. The molecule has 1 saturated carbocycles. The van der Waals surface area contributed by atoms with E-state index in [4.69, 9.17) is 11.6 Å². The maximum atomic E-state index is 14.0. The van der Waals surface area contributed by atoms with Crippen molar-refractivity contribution < 1.29 is 14.3 Å². The van der Waals surface area contributed by atoms with Crippen LogP contribution >= 0.6 is 11.6 Å². The molecule has 1 N–H and O–H groups in total. The largest absolute Gasteiger partial charge is 0.389 e. The molecule has 2 unspecified atom stereocenters. The number of nitrogens with zero attached hydrogens (tertiary/aromatic N) is 1. The molecule has 1 amide bonds. The first-order valence-electron chi connectivity index (χ1n) is 7.47. The highest BCUT2D eigenvalue weighted by Crippen LogP contribution is 2.40. The Balaban J connectivity index is 1.79. The molecule has 1 aromatic carbocycles. The molecule has 0 aromatic heterocycles. The van der Waals surface area contributed by atoms with E-state index in [1.165, 1.54) is 12.1 Å². The van der Waals surface area contributed by atoms with Gasteiger partial charge in [-0.3, -0.25) is 4.79 Å². The van der Waals surface area contributed by atoms with Crippen molar-refractivity contribution in [3.05, 3.63) is 34.6 Å². The van der Waals surface area contributed by atoms with Gasteiger partial charge in [-0.05, 0) is 31.4 Å². The van der Waals surface area contributed by atoms with Crippen molar-refractivity contribution >= 4 is 17.5 Å². The number of halogens is 2. The molecule has 5 heteroatoms. The molecule has 3 nitrogen and oxygen atoms in total. The van der Waals surface area contributed by atoms with E-state index >= 15 is 0 Å². The molecule has 1 aliphatic carbocycles. The molecule has 1 saturated heterocycles. The maximum absolute atomic E-state index is 14.0. The minimum atomic E-state index is -0.659. The zero-order chi connectivity index (χ0) is 15.0. The van der Waals surface area contributed by atoms with Gasteiger partial charge in [0.15, 0.2) is 5.82 Å². The lowest BCUT2D eigenvalue weighted by atomic mass is 9.71. The lowest BCUT2D eigenvalue weighted by Gasteiger charge is -2.47. The van der Waals surface area contributed by atoms with Gasteiger partial charge in [-0.25, -0.2) is 4.39 Å². The molecule has 0 radical (unpaired) electrons. The van der Waals surface area contributed by atoms with Gasteiger partial charge in [-0.1, -0.05) is 30.5 Å². The lowest BCUT2D eigenvalue weighted by Crippen LogP contribution is -2.54. The summed E-state index contributed by atoms with van der Waals surface area (Å²) in [5.41, 5.74) is -0.620. The number of hydrogen-bond acceptors (Lipinski definition) is 2. The second-order valence-corrected chi connectivity index (χ2v) is 6.56. The van der Waals surface area contributed by atoms with Crippen LogP contribution in [0.1, 0.15) is 42.5 Å². The summed E-state index contributed by atoms with van der Waals surface area (Å²) >= 11 is 5.74. The normalized spacial score (nSPS) is 29.1. The molecule has 0 bridgehead atoms. The fourth-order valence-electron chi connectivity index (χ4n) is 3.59. The summed E-state index contributed by atoms with van der Waals surface area (Å²) < 4.78 is 14.0. The summed E-state index contributed by atoms with van der Waals surface area (Å²) in [6.45, 7) is 0.971. The van der Waals surface area contributed by atoms with E-state index in [-0.39, 0.29) is 22.4 Å². The molecular formula is C16H19ClFNO2. The van der Waals surface area contributed by atoms with E-state index in [1.807, 2.05) is 0 Å². The van der Waals surface area contributed by atoms with Gasteiger partial charge >= 0.3 is 0 Å². The molecule has 2 fully saturated rings. The van der Waals surface area contributed by atoms with Gasteiger partial charge in [-0.15, -0.1) is 0 Å². The first kappa shape index (κ1) is 14.8. The number of rotatable bonds is 1. The van der Waals surface area contributed by atoms with E-state index < -0.39 is 11.4 Å². The van der Waals surface area contributed by atoms with Crippen LogP contribution in [0.3, 0.4) is 0 Å². The highest BCUT2D eigenvalue weighted by Gasteiger charge is 2.44. The first-order chi connectivity index (χ1) is 10.0. The fraction of sp³-hybridized carbons (Fsp3) is 0.562. The Morgan fingerprint density at radius 2 is 2.19 bits per heavy atom. The third-order valence-corrected chi connectivity index (χ3v) is 5.19. The van der Waals surface area contributed by atoms with E-state index in [0.717, 1.165) is 25.7 Å². The summed E-state index contributed by atoms with van der Waals surface area (Å²) in [7, 11) is 0. The third-order valence-electron chi connectivity index (χ3n) is 4.90. The summed E-state index contributed by atoms with van der Waals surface area (Å²) in [6.07, 6.45) is 4.44. The SMILES string of the molecule is O=C(c1cccc(Cl)c1F)N1CCC2(O)CCCCC2C1. The molecular weight excluding hydrogens is 293 g/mol. The van der Waals surface area contributed by atoms with Crippen LogP contribution in [-0.4, -0.2) is 34.6 Å². The Morgan fingerprint density at radius 1 is 1.38 bits per heavy atom. The number of hydrogen-bond donors (Lipinski definition) is 1. The average molecular weight is 312 g/mol. The minimum Gasteiger partial charge on any atom is -0.389 e. The van der Waals surface area contributed by atoms with Crippen LogP contribution in [0, 0.1) is 11.7 Å². The first-order valence-corrected chi connectivity index (χ1v) is 7.85. The van der Waals surface area contributed by atoms with Crippen LogP contribution in [0.5, 0.6) is 0 Å². The molecule has 2 atom stereocenters. The predicted octanol–water partition coefficient (Wildman–Crippen LogP) is 3.25. The van der Waals surface area contributed by atoms with Crippen molar-refractivity contribution in [1.29, 1.82) is 0 Å². The second kappa shape index (κ2) is 5.58. The highest BCUT2D eigenvalue weighted by molar-refractivity contribution is 6.31. The number of benzene rings is 1. The van der Waals surface area contributed by atoms with E-state index in [2.05, 4.69) is 0 Å². The topological polar surface area (TPSA) is 40.5 Å². The second-order valence-electron chi connectivity index (χ2n) is 6.15. The predicted molar refractivity (Wildman–Crippen MR) is 78.8 cm³/mol. The molecule has 2 aliphatic rings. The molecule has 0 spiro atoms. The number of aliphatic hydroxyl groups is 1. The third kappa shape index (κ3) is 2.67. The smallest absolute Gasteiger partial charge is 0.256 e. The van der Waals surface area contributed by atoms with Crippen molar-refractivity contribution in [3.63, 3.8) is 0 Å². The van der Waals surface area contributed by atoms with Crippen LogP contribution < -0.4 is 0 Å². The van der Waals surface area contributed by atoms with Crippen molar-refractivity contribution in [2.75, 3.05) is 13.1 Å². The number of fused-ring (bicyclic) bond motifs is 1. The van der Waals surface area contributed by atoms with Gasteiger partial charge < -0.3 is 10.0 Å². The number of carbonyl (C=O) groups excluding carboxylic acids is 1. The maximum Gasteiger partial charge on any atom is 0.256 e. The Labute approximate surface area is 128 Å². The van der Waals surface area contributed by atoms with Crippen molar-refractivity contribution in [1.82, 2.24) is 4.90 Å². The zero-order valence-corrected chi connectivity index (χ0v) is 12.6. The summed E-state index contributed by atoms with van der Waals surface area (Å²) in [6, 6.07) is 4.48. The van der Waals surface area contributed by atoms with Crippen molar-refractivity contribution in [2.24, 2.45) is 5.92 Å². The number of likely N-dealkylation sites (tertiary alicyclic amines) is 1. The number of piperidine rings is 1. The quantitative estimate of drug-likeness (QED) is 0.865. The van der Waals surface area contributed by atoms with Gasteiger partial charge in [0.2, 0.25) is 0 Å². The zero-order valence-electron chi connectivity index (χ0n) is 11.8. The highest BCUT2D eigenvalue weighted by atomic mass is 35.5. The van der Waals surface area contributed by atoms with Crippen LogP contribution in [0.2, 0.25) is 5.02 Å². The minimum absolute atomic E-state index is 0.0174. The average Bonchev–Trinajstić information content (AvgIpc) is 2.48. The number of amides is 1. The molecule has 21 heavy (non-hydrogen) atoms. The Bertz CT molecular complexity index is 565. The van der Waals surface area contributed by atoms with Crippen LogP contribution in [0.4, 0.5) is 4.39 Å². The van der Waals surface area contributed by atoms with Gasteiger partial charge in [0, 0.05) is 19.0 Å². The van der Waals surface area contributed by atoms with E-state index in [0.29, 0.717) is 19.5 Å². The Kier molecular flexibility index (Phi) is 3.93. The van der Waals surface area contributed by atoms with Gasteiger partial charge in [-0.2, -0.15) is 0 Å². The van der Waals surface area contributed by atoms with Gasteiger partial charge in [0.1, 0.15) is 0 Å². The lowest BCUT2D eigenvalue weighted by molar-refractivity contribution is -0.0886. The molecule has 1 aliphatic heterocycles. The van der Waals surface area contributed by atoms with Gasteiger partial charge in [0.05, 0.1) is 16.2 Å². The monoisotopic (exact) mass is 311 g/mol. The summed E-state index contributed by atoms with van der Waals surface area (Å²) in [5, 5.41) is 10.6. The van der Waals surface area contributed by atoms with Crippen LogP contribution in [0.25, 0.3) is 0 Å². The van der Waals surface area contributed by atoms with Crippen LogP contribution in [-0.2, 0) is 0 Å². The van der Waals surface area contributed by atoms with Crippen LogP contribution in [0.15, 0.2) is 18.2 Å². The number of carbonyl (C=O) groups is 1. The van der Waals surface area contributed by atoms with E-state index in [9.17, 15) is 14.3 Å². The van der Waals surface area contributed by atoms with Crippen molar-refractivity contribution in [3.8, 4) is 0 Å². The van der Waals surface area contributed by atoms with Crippen molar-refractivity contribution in [2.45, 2.75) is 37.7 Å². The fourth-order valence-corrected chi connectivity index (χ4v) is 3.77. The Morgan fingerprint density at radius 3 is 3.00 bits per heavy atom. The molecule has 114 valence electrons. The molecule has 3 rings (SSSR count). The van der Waals surface area contributed by atoms with Gasteiger partial charge in [0.25, 0.3) is 5.91 Å². The molecule has 1 heterocycles. The standard InChI is InChI=1S/C16H19ClFNO2/c17-13-6-3-5-12(14(13)18)15(20)19-9-8-16(21)7-2-1-4-11(16)10-19/h3,5-6,11,21H,1-2,4,7-10H2. The summed E-state index contributed by atoms with van der Waals surface area (Å²) in [5.74, 6) is -0.887. The Hall–Kier alpha value is -1.13.